The number of aliphatic carboxylic acids is 1. The summed E-state index contributed by atoms with van der Waals surface area (Å²) in [6.45, 7) is 5.44. The summed E-state index contributed by atoms with van der Waals surface area (Å²) in [5.41, 5.74) is 1.88. The first-order valence-corrected chi connectivity index (χ1v) is 6.30. The summed E-state index contributed by atoms with van der Waals surface area (Å²) < 4.78 is 0. The van der Waals surface area contributed by atoms with Crippen molar-refractivity contribution in [3.8, 4) is 0 Å². The highest BCUT2D eigenvalue weighted by molar-refractivity contribution is 5.78. The number of nitrogens with one attached hydrogen (secondary N) is 1. The predicted octanol–water partition coefficient (Wildman–Crippen LogP) is 4.12. The molecule has 0 spiro atoms. The van der Waals surface area contributed by atoms with Gasteiger partial charge >= 0.3 is 5.97 Å². The SMILES string of the molecule is C=C/C=C\C(=C/CCC(C)=N)CCCCC(=O)O. The molecule has 0 aromatic carbocycles. The van der Waals surface area contributed by atoms with Gasteiger partial charge in [0.2, 0.25) is 0 Å². The smallest absolute Gasteiger partial charge is 0.303 e. The van der Waals surface area contributed by atoms with E-state index in [4.69, 9.17) is 10.5 Å². The van der Waals surface area contributed by atoms with E-state index in [9.17, 15) is 4.79 Å². The van der Waals surface area contributed by atoms with Crippen molar-refractivity contribution < 1.29 is 9.90 Å². The fourth-order valence-corrected chi connectivity index (χ4v) is 1.52. The van der Waals surface area contributed by atoms with Crippen molar-refractivity contribution in [1.29, 1.82) is 5.41 Å². The molecule has 2 N–H and O–H groups in total. The maximum absolute atomic E-state index is 10.4. The largest absolute Gasteiger partial charge is 0.481 e. The van der Waals surface area contributed by atoms with Crippen LogP contribution in [0.2, 0.25) is 0 Å². The lowest BCUT2D eigenvalue weighted by Crippen LogP contribution is -1.94. The summed E-state index contributed by atoms with van der Waals surface area (Å²) in [5.74, 6) is -0.735. The molecule has 3 heteroatoms. The number of unbranched alkanes of at least 4 members (excludes halogenated alkanes) is 1. The van der Waals surface area contributed by atoms with Crippen LogP contribution in [0.4, 0.5) is 0 Å². The number of allylic oxidation sites excluding steroid dienone is 5. The van der Waals surface area contributed by atoms with E-state index in [1.807, 2.05) is 12.2 Å². The van der Waals surface area contributed by atoms with Gasteiger partial charge in [-0.3, -0.25) is 4.79 Å². The molecule has 0 bridgehead atoms. The predicted molar refractivity (Wildman–Crippen MR) is 76.2 cm³/mol. The monoisotopic (exact) mass is 249 g/mol. The second kappa shape index (κ2) is 10.5. The normalized spacial score (nSPS) is 11.7. The third-order valence-electron chi connectivity index (χ3n) is 2.48. The highest BCUT2D eigenvalue weighted by atomic mass is 16.4. The fraction of sp³-hybridized carbons (Fsp3) is 0.467. The molecule has 0 heterocycles. The Balaban J connectivity index is 4.13. The molecule has 0 aromatic rings. The number of hydrogen-bond acceptors (Lipinski definition) is 2. The molecular weight excluding hydrogens is 226 g/mol. The lowest BCUT2D eigenvalue weighted by Gasteiger charge is -2.02. The highest BCUT2D eigenvalue weighted by Gasteiger charge is 1.98. The molecule has 0 amide bonds. The molecule has 0 saturated carbocycles. The van der Waals surface area contributed by atoms with Crippen LogP contribution in [-0.4, -0.2) is 16.8 Å². The quantitative estimate of drug-likeness (QED) is 0.347. The molecule has 3 nitrogen and oxygen atoms in total. The van der Waals surface area contributed by atoms with Crippen LogP contribution in [0.1, 0.15) is 45.4 Å². The van der Waals surface area contributed by atoms with Crippen molar-refractivity contribution >= 4 is 11.7 Å². The Bertz CT molecular complexity index is 340. The topological polar surface area (TPSA) is 61.2 Å². The average Bonchev–Trinajstić information content (AvgIpc) is 2.29. The maximum Gasteiger partial charge on any atom is 0.303 e. The Kier molecular flexibility index (Phi) is 9.55. The third-order valence-corrected chi connectivity index (χ3v) is 2.48. The van der Waals surface area contributed by atoms with Gasteiger partial charge in [0.1, 0.15) is 0 Å². The van der Waals surface area contributed by atoms with Crippen molar-refractivity contribution in [2.45, 2.75) is 45.4 Å². The van der Waals surface area contributed by atoms with Gasteiger partial charge in [-0.2, -0.15) is 0 Å². The van der Waals surface area contributed by atoms with E-state index >= 15 is 0 Å². The van der Waals surface area contributed by atoms with Gasteiger partial charge < -0.3 is 10.5 Å². The summed E-state index contributed by atoms with van der Waals surface area (Å²) in [7, 11) is 0. The molecule has 0 rings (SSSR count). The molecule has 0 saturated heterocycles. The average molecular weight is 249 g/mol. The zero-order valence-corrected chi connectivity index (χ0v) is 11.1. The molecule has 0 aliphatic rings. The maximum atomic E-state index is 10.4. The van der Waals surface area contributed by atoms with Gasteiger partial charge in [0.15, 0.2) is 0 Å². The Morgan fingerprint density at radius 2 is 1.94 bits per heavy atom. The second-order valence-corrected chi connectivity index (χ2v) is 4.29. The van der Waals surface area contributed by atoms with Gasteiger partial charge in [0.05, 0.1) is 0 Å². The molecule has 0 unspecified atom stereocenters. The molecule has 0 aliphatic heterocycles. The van der Waals surface area contributed by atoms with Gasteiger partial charge in [0, 0.05) is 12.1 Å². The minimum absolute atomic E-state index is 0.234. The minimum atomic E-state index is -0.735. The van der Waals surface area contributed by atoms with Crippen LogP contribution in [-0.2, 0) is 4.79 Å². The fourth-order valence-electron chi connectivity index (χ4n) is 1.52. The van der Waals surface area contributed by atoms with E-state index in [1.165, 1.54) is 5.57 Å². The number of carboxylic acid groups (broad SMARTS) is 1. The van der Waals surface area contributed by atoms with Crippen LogP contribution >= 0.6 is 0 Å². The molecule has 100 valence electrons. The first-order valence-electron chi connectivity index (χ1n) is 6.30. The van der Waals surface area contributed by atoms with Gasteiger partial charge in [-0.15, -0.1) is 0 Å². The third kappa shape index (κ3) is 10.9. The molecular formula is C15H23NO2. The van der Waals surface area contributed by atoms with E-state index in [0.29, 0.717) is 12.1 Å². The molecule has 0 atom stereocenters. The van der Waals surface area contributed by atoms with Crippen molar-refractivity contribution in [3.63, 3.8) is 0 Å². The lowest BCUT2D eigenvalue weighted by atomic mass is 10.0. The second-order valence-electron chi connectivity index (χ2n) is 4.29. The van der Waals surface area contributed by atoms with Crippen LogP contribution in [0.5, 0.6) is 0 Å². The zero-order chi connectivity index (χ0) is 13.8. The Hall–Kier alpha value is -1.64. The van der Waals surface area contributed by atoms with E-state index in [2.05, 4.69) is 12.7 Å². The minimum Gasteiger partial charge on any atom is -0.481 e. The van der Waals surface area contributed by atoms with Crippen LogP contribution < -0.4 is 0 Å². The molecule has 0 aliphatic carbocycles. The summed E-state index contributed by atoms with van der Waals surface area (Å²) in [6, 6.07) is 0. The molecule has 0 radical (unpaired) electrons. The molecule has 0 aromatic heterocycles. The van der Waals surface area contributed by atoms with E-state index < -0.39 is 5.97 Å². The van der Waals surface area contributed by atoms with E-state index in [1.54, 1.807) is 13.0 Å². The number of carbonyl (C=O) groups is 1. The van der Waals surface area contributed by atoms with Crippen molar-refractivity contribution in [2.75, 3.05) is 0 Å². The summed E-state index contributed by atoms with van der Waals surface area (Å²) in [4.78, 5) is 10.4. The summed E-state index contributed by atoms with van der Waals surface area (Å²) in [6.07, 6.45) is 12.1. The summed E-state index contributed by atoms with van der Waals surface area (Å²) >= 11 is 0. The van der Waals surface area contributed by atoms with Gasteiger partial charge in [-0.25, -0.2) is 0 Å². The van der Waals surface area contributed by atoms with Crippen LogP contribution in [0.3, 0.4) is 0 Å². The van der Waals surface area contributed by atoms with Crippen LogP contribution in [0.15, 0.2) is 36.5 Å². The molecule has 18 heavy (non-hydrogen) atoms. The van der Waals surface area contributed by atoms with E-state index in [-0.39, 0.29) is 6.42 Å². The first-order chi connectivity index (χ1) is 8.56. The van der Waals surface area contributed by atoms with Crippen molar-refractivity contribution in [3.05, 3.63) is 36.5 Å². The van der Waals surface area contributed by atoms with Gasteiger partial charge in [-0.05, 0) is 39.0 Å². The van der Waals surface area contributed by atoms with Gasteiger partial charge in [-0.1, -0.05) is 36.5 Å². The Labute approximate surface area is 109 Å². The van der Waals surface area contributed by atoms with Crippen molar-refractivity contribution in [1.82, 2.24) is 0 Å². The Morgan fingerprint density at radius 1 is 1.28 bits per heavy atom. The standard InChI is InChI=1S/C15H23NO2/c1-3-4-9-14(11-7-8-13(2)16)10-5-6-12-15(17)18/h3-4,9,11,16H,1,5-8,10,12H2,2H3,(H,17,18)/b9-4-,14-11+,16-13?. The lowest BCUT2D eigenvalue weighted by molar-refractivity contribution is -0.137. The number of carboxylic acids is 1. The van der Waals surface area contributed by atoms with Crippen LogP contribution in [0.25, 0.3) is 0 Å². The van der Waals surface area contributed by atoms with E-state index in [0.717, 1.165) is 25.7 Å². The van der Waals surface area contributed by atoms with Gasteiger partial charge in [0.25, 0.3) is 0 Å². The van der Waals surface area contributed by atoms with Crippen LogP contribution in [0, 0.1) is 5.41 Å². The number of rotatable bonds is 10. The number of hydrogen-bond donors (Lipinski definition) is 2. The molecule has 0 fully saturated rings. The van der Waals surface area contributed by atoms with Crippen molar-refractivity contribution in [2.24, 2.45) is 0 Å². The zero-order valence-electron chi connectivity index (χ0n) is 11.1. The first kappa shape index (κ1) is 16.4. The summed E-state index contributed by atoms with van der Waals surface area (Å²) in [5, 5.41) is 15.9. The Morgan fingerprint density at radius 3 is 2.50 bits per heavy atom. The highest BCUT2D eigenvalue weighted by Crippen LogP contribution is 2.12.